The van der Waals surface area contributed by atoms with Crippen molar-refractivity contribution in [3.63, 3.8) is 0 Å². The van der Waals surface area contributed by atoms with Gasteiger partial charge in [-0.25, -0.2) is 4.68 Å². The molecule has 4 rings (SSSR count). The molecule has 0 saturated carbocycles. The second kappa shape index (κ2) is 8.44. The van der Waals surface area contributed by atoms with E-state index in [0.29, 0.717) is 15.1 Å². The lowest BCUT2D eigenvalue weighted by atomic mass is 10.1. The molecule has 0 aliphatic carbocycles. The molecule has 146 valence electrons. The van der Waals surface area contributed by atoms with Crippen LogP contribution in [-0.4, -0.2) is 41.0 Å². The highest BCUT2D eigenvalue weighted by Gasteiger charge is 2.21. The molecule has 0 radical (unpaired) electrons. The van der Waals surface area contributed by atoms with Crippen LogP contribution in [0.25, 0.3) is 16.9 Å². The number of benzene rings is 2. The van der Waals surface area contributed by atoms with Crippen molar-refractivity contribution >= 4 is 34.8 Å². The van der Waals surface area contributed by atoms with Crippen LogP contribution < -0.4 is 0 Å². The Morgan fingerprint density at radius 1 is 0.964 bits per heavy atom. The van der Waals surface area contributed by atoms with Crippen LogP contribution in [0.5, 0.6) is 0 Å². The summed E-state index contributed by atoms with van der Waals surface area (Å²) in [6, 6.07) is 13.2. The van der Waals surface area contributed by atoms with Gasteiger partial charge in [-0.2, -0.15) is 5.10 Å². The molecule has 1 aliphatic heterocycles. The summed E-state index contributed by atoms with van der Waals surface area (Å²) in [5, 5.41) is 6.79. The summed E-state index contributed by atoms with van der Waals surface area (Å²) in [4.78, 5) is 2.36. The third-order valence-corrected chi connectivity index (χ3v) is 5.74. The van der Waals surface area contributed by atoms with E-state index in [-0.39, 0.29) is 0 Å². The van der Waals surface area contributed by atoms with Gasteiger partial charge >= 0.3 is 0 Å². The second-order valence-electron chi connectivity index (χ2n) is 6.82. The Balaban J connectivity index is 1.82. The van der Waals surface area contributed by atoms with E-state index in [0.717, 1.165) is 61.1 Å². The van der Waals surface area contributed by atoms with Crippen molar-refractivity contribution in [2.45, 2.75) is 13.5 Å². The molecule has 2 aromatic carbocycles. The molecule has 28 heavy (non-hydrogen) atoms. The smallest absolute Gasteiger partial charge is 0.0840 e. The van der Waals surface area contributed by atoms with Gasteiger partial charge in [-0.1, -0.05) is 46.9 Å². The Morgan fingerprint density at radius 3 is 2.32 bits per heavy atom. The summed E-state index contributed by atoms with van der Waals surface area (Å²) >= 11 is 18.7. The van der Waals surface area contributed by atoms with E-state index in [2.05, 4.69) is 11.8 Å². The van der Waals surface area contributed by atoms with Crippen LogP contribution >= 0.6 is 34.8 Å². The molecule has 0 unspecified atom stereocenters. The summed E-state index contributed by atoms with van der Waals surface area (Å²) in [6.07, 6.45) is 0. The lowest BCUT2D eigenvalue weighted by Crippen LogP contribution is -2.35. The number of aromatic nitrogens is 2. The van der Waals surface area contributed by atoms with Gasteiger partial charge in [0.25, 0.3) is 0 Å². The van der Waals surface area contributed by atoms with Crippen LogP contribution in [0.15, 0.2) is 42.5 Å². The average Bonchev–Trinajstić information content (AvgIpc) is 2.99. The zero-order valence-electron chi connectivity index (χ0n) is 15.5. The number of nitrogens with zero attached hydrogens (tertiary/aromatic N) is 3. The highest BCUT2D eigenvalue weighted by molar-refractivity contribution is 6.35. The predicted octanol–water partition coefficient (Wildman–Crippen LogP) is 5.64. The highest BCUT2D eigenvalue weighted by Crippen LogP contribution is 2.33. The number of rotatable bonds is 4. The van der Waals surface area contributed by atoms with Gasteiger partial charge in [0.1, 0.15) is 0 Å². The van der Waals surface area contributed by atoms with Crippen molar-refractivity contribution in [1.29, 1.82) is 0 Å². The minimum absolute atomic E-state index is 0.558. The molecule has 0 atom stereocenters. The summed E-state index contributed by atoms with van der Waals surface area (Å²) in [5.74, 6) is 0. The van der Waals surface area contributed by atoms with Crippen LogP contribution in [-0.2, 0) is 11.3 Å². The largest absolute Gasteiger partial charge is 0.379 e. The summed E-state index contributed by atoms with van der Waals surface area (Å²) in [5.41, 5.74) is 4.99. The lowest BCUT2D eigenvalue weighted by molar-refractivity contribution is 0.0335. The number of hydrogen-bond acceptors (Lipinski definition) is 3. The van der Waals surface area contributed by atoms with Gasteiger partial charge in [-0.3, -0.25) is 4.90 Å². The van der Waals surface area contributed by atoms with E-state index in [9.17, 15) is 0 Å². The van der Waals surface area contributed by atoms with Crippen LogP contribution in [0.2, 0.25) is 15.1 Å². The van der Waals surface area contributed by atoms with Crippen molar-refractivity contribution in [3.05, 3.63) is 68.8 Å². The van der Waals surface area contributed by atoms with Gasteiger partial charge in [0.15, 0.2) is 0 Å². The lowest BCUT2D eigenvalue weighted by Gasteiger charge is -2.25. The number of halogens is 3. The van der Waals surface area contributed by atoms with Gasteiger partial charge in [-0.15, -0.1) is 0 Å². The third kappa shape index (κ3) is 4.07. The van der Waals surface area contributed by atoms with Crippen molar-refractivity contribution in [3.8, 4) is 16.9 Å². The second-order valence-corrected chi connectivity index (χ2v) is 8.10. The van der Waals surface area contributed by atoms with E-state index in [1.165, 1.54) is 0 Å². The molecule has 1 aliphatic rings. The molecule has 7 heteroatoms. The van der Waals surface area contributed by atoms with E-state index in [4.69, 9.17) is 44.6 Å². The molecule has 1 fully saturated rings. The van der Waals surface area contributed by atoms with Crippen LogP contribution in [0.4, 0.5) is 0 Å². The van der Waals surface area contributed by atoms with E-state index in [1.54, 1.807) is 6.07 Å². The Bertz CT molecular complexity index is 979. The molecule has 4 nitrogen and oxygen atoms in total. The maximum Gasteiger partial charge on any atom is 0.0840 e. The zero-order valence-corrected chi connectivity index (χ0v) is 17.7. The Labute approximate surface area is 179 Å². The Hall–Kier alpha value is -1.56. The summed E-state index contributed by atoms with van der Waals surface area (Å²) in [7, 11) is 0. The van der Waals surface area contributed by atoms with E-state index in [1.807, 2.05) is 41.1 Å². The quantitative estimate of drug-likeness (QED) is 0.530. The minimum atomic E-state index is 0.558. The SMILES string of the molecule is Cc1c(CN2CCOCC2)nn(-c2ccc(Cl)cc2Cl)c1-c1ccc(Cl)cc1. The van der Waals surface area contributed by atoms with Crippen LogP contribution in [0, 0.1) is 6.92 Å². The fourth-order valence-electron chi connectivity index (χ4n) is 3.44. The topological polar surface area (TPSA) is 30.3 Å². The fraction of sp³-hybridized carbons (Fsp3) is 0.286. The van der Waals surface area contributed by atoms with E-state index < -0.39 is 0 Å². The van der Waals surface area contributed by atoms with Crippen molar-refractivity contribution in [2.75, 3.05) is 26.3 Å². The molecule has 0 spiro atoms. The molecular formula is C21H20Cl3N3O. The first-order chi connectivity index (χ1) is 13.5. The average molecular weight is 437 g/mol. The number of ether oxygens (including phenoxy) is 1. The van der Waals surface area contributed by atoms with Crippen LogP contribution in [0.3, 0.4) is 0 Å². The van der Waals surface area contributed by atoms with Gasteiger partial charge in [-0.05, 0) is 42.8 Å². The standard InChI is InChI=1S/C21H20Cl3N3O/c1-14-19(13-26-8-10-28-11-9-26)25-27(20-7-6-17(23)12-18(20)24)21(14)15-2-4-16(22)5-3-15/h2-7,12H,8-11,13H2,1H3. The molecule has 1 aromatic heterocycles. The zero-order chi connectivity index (χ0) is 19.7. The molecule has 3 aromatic rings. The third-order valence-electron chi connectivity index (χ3n) is 4.95. The normalized spacial score (nSPS) is 15.1. The van der Waals surface area contributed by atoms with Crippen molar-refractivity contribution < 1.29 is 4.74 Å². The van der Waals surface area contributed by atoms with Gasteiger partial charge in [0.2, 0.25) is 0 Å². The van der Waals surface area contributed by atoms with Gasteiger partial charge in [0, 0.05) is 35.2 Å². The monoisotopic (exact) mass is 435 g/mol. The number of hydrogen-bond donors (Lipinski definition) is 0. The molecule has 0 amide bonds. The Kier molecular flexibility index (Phi) is 5.95. The highest BCUT2D eigenvalue weighted by atomic mass is 35.5. The van der Waals surface area contributed by atoms with Gasteiger partial charge < -0.3 is 4.74 Å². The first-order valence-corrected chi connectivity index (χ1v) is 10.3. The molecule has 0 bridgehead atoms. The minimum Gasteiger partial charge on any atom is -0.379 e. The summed E-state index contributed by atoms with van der Waals surface area (Å²) < 4.78 is 7.37. The molecule has 1 saturated heterocycles. The van der Waals surface area contributed by atoms with Crippen LogP contribution in [0.1, 0.15) is 11.3 Å². The Morgan fingerprint density at radius 2 is 1.64 bits per heavy atom. The maximum absolute atomic E-state index is 6.51. The van der Waals surface area contributed by atoms with Crippen molar-refractivity contribution in [2.24, 2.45) is 0 Å². The first kappa shape index (κ1) is 19.7. The number of morpholine rings is 1. The predicted molar refractivity (Wildman–Crippen MR) is 115 cm³/mol. The van der Waals surface area contributed by atoms with Gasteiger partial charge in [0.05, 0.1) is 35.3 Å². The molecule has 2 heterocycles. The van der Waals surface area contributed by atoms with Crippen molar-refractivity contribution in [1.82, 2.24) is 14.7 Å². The molecular weight excluding hydrogens is 417 g/mol. The fourth-order valence-corrected chi connectivity index (χ4v) is 4.05. The maximum atomic E-state index is 6.51. The first-order valence-electron chi connectivity index (χ1n) is 9.13. The molecule has 0 N–H and O–H groups in total. The van der Waals surface area contributed by atoms with E-state index >= 15 is 0 Å². The summed E-state index contributed by atoms with van der Waals surface area (Å²) in [6.45, 7) is 6.20.